The Morgan fingerprint density at radius 1 is 1.14 bits per heavy atom. The molecule has 14 heavy (non-hydrogen) atoms. The molecule has 1 rings (SSSR count). The lowest BCUT2D eigenvalue weighted by atomic mass is 9.56. The van der Waals surface area contributed by atoms with E-state index in [4.69, 9.17) is 0 Å². The number of hydrogen-bond donors (Lipinski definition) is 1. The van der Waals surface area contributed by atoms with Crippen LogP contribution in [0.4, 0.5) is 0 Å². The van der Waals surface area contributed by atoms with E-state index < -0.39 is 0 Å². The fourth-order valence-electron chi connectivity index (χ4n) is 3.50. The van der Waals surface area contributed by atoms with E-state index in [-0.39, 0.29) is 0 Å². The molecule has 0 heterocycles. The Bertz CT molecular complexity index is 197. The van der Waals surface area contributed by atoms with Gasteiger partial charge in [0.05, 0.1) is 0 Å². The maximum absolute atomic E-state index is 4.01. The molecule has 0 aromatic carbocycles. The van der Waals surface area contributed by atoms with Crippen molar-refractivity contribution in [2.24, 2.45) is 16.7 Å². The fraction of sp³-hybridized carbons (Fsp3) is 0.846. The summed E-state index contributed by atoms with van der Waals surface area (Å²) in [4.78, 5) is 0. The van der Waals surface area contributed by atoms with E-state index in [2.05, 4.69) is 52.7 Å². The molecule has 1 aliphatic rings. The molecule has 82 valence electrons. The Hall–Kier alpha value is -0.300. The Morgan fingerprint density at radius 2 is 1.57 bits per heavy atom. The van der Waals surface area contributed by atoms with Gasteiger partial charge in [0, 0.05) is 6.04 Å². The van der Waals surface area contributed by atoms with Gasteiger partial charge in [-0.15, -0.1) is 6.58 Å². The summed E-state index contributed by atoms with van der Waals surface area (Å²) < 4.78 is 0. The average molecular weight is 195 g/mol. The standard InChI is InChI=1S/C13H25N/c1-7-11-12(2,3)8-10(14-6)9-13(11,4)5/h7,10-11,14H,1,8-9H2,2-6H3. The van der Waals surface area contributed by atoms with Crippen LogP contribution in [-0.2, 0) is 0 Å². The third-order valence-electron chi connectivity index (χ3n) is 3.87. The molecule has 0 radical (unpaired) electrons. The molecule has 0 aliphatic heterocycles. The first-order chi connectivity index (χ1) is 6.33. The van der Waals surface area contributed by atoms with Gasteiger partial charge in [-0.2, -0.15) is 0 Å². The number of allylic oxidation sites excluding steroid dienone is 1. The summed E-state index contributed by atoms with van der Waals surface area (Å²) in [5.41, 5.74) is 0.744. The molecular weight excluding hydrogens is 170 g/mol. The fourth-order valence-corrected chi connectivity index (χ4v) is 3.50. The van der Waals surface area contributed by atoms with Crippen LogP contribution >= 0.6 is 0 Å². The lowest BCUT2D eigenvalue weighted by Crippen LogP contribution is -2.48. The van der Waals surface area contributed by atoms with Gasteiger partial charge in [-0.3, -0.25) is 0 Å². The molecule has 1 heteroatoms. The van der Waals surface area contributed by atoms with Crippen LogP contribution in [0.15, 0.2) is 12.7 Å². The third kappa shape index (κ3) is 2.03. The SMILES string of the molecule is C=CC1C(C)(C)CC(NC)CC1(C)C. The number of hydrogen-bond acceptors (Lipinski definition) is 1. The molecule has 1 nitrogen and oxygen atoms in total. The van der Waals surface area contributed by atoms with Crippen molar-refractivity contribution in [3.8, 4) is 0 Å². The quantitative estimate of drug-likeness (QED) is 0.667. The van der Waals surface area contributed by atoms with E-state index >= 15 is 0 Å². The van der Waals surface area contributed by atoms with Crippen LogP contribution in [0.2, 0.25) is 0 Å². The maximum Gasteiger partial charge on any atom is 0.00746 e. The van der Waals surface area contributed by atoms with E-state index in [9.17, 15) is 0 Å². The van der Waals surface area contributed by atoms with E-state index in [0.29, 0.717) is 22.8 Å². The van der Waals surface area contributed by atoms with Crippen LogP contribution in [0.25, 0.3) is 0 Å². The summed E-state index contributed by atoms with van der Waals surface area (Å²) in [6, 6.07) is 0.663. The summed E-state index contributed by atoms with van der Waals surface area (Å²) in [5, 5.41) is 3.43. The minimum Gasteiger partial charge on any atom is -0.317 e. The van der Waals surface area contributed by atoms with Crippen molar-refractivity contribution >= 4 is 0 Å². The molecule has 0 aromatic rings. The van der Waals surface area contributed by atoms with Gasteiger partial charge in [-0.1, -0.05) is 33.8 Å². The first-order valence-corrected chi connectivity index (χ1v) is 5.63. The summed E-state index contributed by atoms with van der Waals surface area (Å²) in [6.45, 7) is 13.5. The summed E-state index contributed by atoms with van der Waals surface area (Å²) in [5.74, 6) is 0.625. The van der Waals surface area contributed by atoms with Crippen molar-refractivity contribution in [2.45, 2.75) is 46.6 Å². The van der Waals surface area contributed by atoms with Crippen LogP contribution in [0.5, 0.6) is 0 Å². The summed E-state index contributed by atoms with van der Waals surface area (Å²) in [6.07, 6.45) is 4.67. The highest BCUT2D eigenvalue weighted by atomic mass is 14.9. The zero-order chi connectivity index (χ0) is 11.0. The molecule has 0 bridgehead atoms. The molecule has 0 spiro atoms. The van der Waals surface area contributed by atoms with Crippen LogP contribution in [0.3, 0.4) is 0 Å². The zero-order valence-corrected chi connectivity index (χ0v) is 10.4. The molecular formula is C13H25N. The van der Waals surface area contributed by atoms with Crippen LogP contribution < -0.4 is 5.32 Å². The smallest absolute Gasteiger partial charge is 0.00746 e. The normalized spacial score (nSPS) is 35.2. The Labute approximate surface area is 89.0 Å². The molecule has 1 N–H and O–H groups in total. The Balaban J connectivity index is 2.92. The molecule has 0 saturated heterocycles. The van der Waals surface area contributed by atoms with Crippen LogP contribution in [0, 0.1) is 16.7 Å². The second-order valence-corrected chi connectivity index (χ2v) is 6.08. The predicted molar refractivity (Wildman–Crippen MR) is 63.3 cm³/mol. The second-order valence-electron chi connectivity index (χ2n) is 6.08. The van der Waals surface area contributed by atoms with Gasteiger partial charge in [0.15, 0.2) is 0 Å². The molecule has 0 atom stereocenters. The van der Waals surface area contributed by atoms with Crippen molar-refractivity contribution in [1.29, 1.82) is 0 Å². The minimum absolute atomic E-state index is 0.372. The molecule has 1 aliphatic carbocycles. The third-order valence-corrected chi connectivity index (χ3v) is 3.87. The van der Waals surface area contributed by atoms with Crippen LogP contribution in [-0.4, -0.2) is 13.1 Å². The van der Waals surface area contributed by atoms with Gasteiger partial charge >= 0.3 is 0 Å². The lowest BCUT2D eigenvalue weighted by molar-refractivity contribution is 0.0290. The molecule has 1 saturated carbocycles. The van der Waals surface area contributed by atoms with E-state index in [1.54, 1.807) is 0 Å². The highest BCUT2D eigenvalue weighted by Gasteiger charge is 2.45. The van der Waals surface area contributed by atoms with Gasteiger partial charge in [-0.05, 0) is 36.6 Å². The first kappa shape index (κ1) is 11.8. The largest absolute Gasteiger partial charge is 0.317 e. The van der Waals surface area contributed by atoms with Crippen molar-refractivity contribution in [3.05, 3.63) is 12.7 Å². The van der Waals surface area contributed by atoms with Crippen molar-refractivity contribution < 1.29 is 0 Å². The molecule has 1 fully saturated rings. The highest BCUT2D eigenvalue weighted by Crippen LogP contribution is 2.51. The second kappa shape index (κ2) is 3.69. The Kier molecular flexibility index (Phi) is 3.10. The van der Waals surface area contributed by atoms with Gasteiger partial charge in [0.25, 0.3) is 0 Å². The zero-order valence-electron chi connectivity index (χ0n) is 10.4. The summed E-state index contributed by atoms with van der Waals surface area (Å²) in [7, 11) is 2.07. The molecule has 0 aromatic heterocycles. The monoisotopic (exact) mass is 195 g/mol. The van der Waals surface area contributed by atoms with Gasteiger partial charge in [0.1, 0.15) is 0 Å². The van der Waals surface area contributed by atoms with Crippen molar-refractivity contribution in [2.75, 3.05) is 7.05 Å². The van der Waals surface area contributed by atoms with Crippen molar-refractivity contribution in [3.63, 3.8) is 0 Å². The first-order valence-electron chi connectivity index (χ1n) is 5.63. The Morgan fingerprint density at radius 3 is 1.86 bits per heavy atom. The lowest BCUT2D eigenvalue weighted by Gasteiger charge is -2.51. The summed E-state index contributed by atoms with van der Waals surface area (Å²) >= 11 is 0. The van der Waals surface area contributed by atoms with E-state index in [1.165, 1.54) is 12.8 Å². The predicted octanol–water partition coefficient (Wildman–Crippen LogP) is 3.22. The van der Waals surface area contributed by atoms with Gasteiger partial charge in [-0.25, -0.2) is 0 Å². The topological polar surface area (TPSA) is 12.0 Å². The maximum atomic E-state index is 4.01. The van der Waals surface area contributed by atoms with Crippen molar-refractivity contribution in [1.82, 2.24) is 5.32 Å². The minimum atomic E-state index is 0.372. The molecule has 0 amide bonds. The number of nitrogens with one attached hydrogen (secondary N) is 1. The van der Waals surface area contributed by atoms with Crippen LogP contribution in [0.1, 0.15) is 40.5 Å². The van der Waals surface area contributed by atoms with Gasteiger partial charge in [0.2, 0.25) is 0 Å². The molecule has 0 unspecified atom stereocenters. The van der Waals surface area contributed by atoms with E-state index in [0.717, 1.165) is 0 Å². The van der Waals surface area contributed by atoms with E-state index in [1.807, 2.05) is 0 Å². The average Bonchev–Trinajstić information content (AvgIpc) is 2.00. The van der Waals surface area contributed by atoms with Gasteiger partial charge < -0.3 is 5.32 Å². The highest BCUT2D eigenvalue weighted by molar-refractivity contribution is 5.04. The number of rotatable bonds is 2.